The molecule has 2 heterocycles. The van der Waals surface area contributed by atoms with Crippen LogP contribution in [-0.2, 0) is 0 Å². The van der Waals surface area contributed by atoms with Crippen LogP contribution in [0.4, 0.5) is 0 Å². The first-order valence-electron chi connectivity index (χ1n) is 5.48. The molecular weight excluding hydrogens is 410 g/mol. The van der Waals surface area contributed by atoms with Crippen LogP contribution in [0.1, 0.15) is 0 Å². The summed E-state index contributed by atoms with van der Waals surface area (Å²) in [5, 5.41) is 14.1. The summed E-state index contributed by atoms with van der Waals surface area (Å²) in [6.07, 6.45) is 0. The second-order valence-corrected chi connectivity index (χ2v) is 7.31. The van der Waals surface area contributed by atoms with Gasteiger partial charge in [0.25, 0.3) is 0 Å². The monoisotopic (exact) mass is 415 g/mol. The largest absolute Gasteiger partial charge is 0.506 e. The standard InChI is InChI=1S/C12H7Br2N3O2S/c13-6-1-2-8(18)7(5-6)17-12(19)15-11(16-17)9-3-4-10(14)20-9/h1-5,18H,(H,15,16,19). The van der Waals surface area contributed by atoms with Gasteiger partial charge in [0.15, 0.2) is 5.82 Å². The molecule has 5 nitrogen and oxygen atoms in total. The molecule has 8 heteroatoms. The summed E-state index contributed by atoms with van der Waals surface area (Å²) < 4.78 is 2.84. The molecular formula is C12H7Br2N3O2S. The van der Waals surface area contributed by atoms with E-state index in [1.807, 2.05) is 12.1 Å². The third kappa shape index (κ3) is 2.46. The second-order valence-electron chi connectivity index (χ2n) is 3.93. The van der Waals surface area contributed by atoms with E-state index in [4.69, 9.17) is 0 Å². The number of phenols is 1. The molecule has 1 aromatic carbocycles. The molecule has 0 atom stereocenters. The zero-order valence-electron chi connectivity index (χ0n) is 9.80. The van der Waals surface area contributed by atoms with Crippen LogP contribution < -0.4 is 5.69 Å². The van der Waals surface area contributed by atoms with Gasteiger partial charge in [0.1, 0.15) is 11.4 Å². The van der Waals surface area contributed by atoms with Gasteiger partial charge in [-0.15, -0.1) is 16.4 Å². The first kappa shape index (κ1) is 13.6. The van der Waals surface area contributed by atoms with Gasteiger partial charge in [-0.3, -0.25) is 4.98 Å². The van der Waals surface area contributed by atoms with E-state index in [0.717, 1.165) is 17.8 Å². The first-order chi connectivity index (χ1) is 9.54. The number of aromatic amines is 1. The number of H-pyrrole nitrogens is 1. The number of thiophene rings is 1. The lowest BCUT2D eigenvalue weighted by Gasteiger charge is -2.03. The van der Waals surface area contributed by atoms with E-state index < -0.39 is 5.69 Å². The zero-order chi connectivity index (χ0) is 14.3. The van der Waals surface area contributed by atoms with Crippen molar-refractivity contribution < 1.29 is 5.11 Å². The average Bonchev–Trinajstić information content (AvgIpc) is 2.99. The Bertz CT molecular complexity index is 837. The molecule has 0 saturated carbocycles. The number of hydrogen-bond donors (Lipinski definition) is 2. The number of aromatic nitrogens is 3. The average molecular weight is 417 g/mol. The highest BCUT2D eigenvalue weighted by Gasteiger charge is 2.13. The summed E-state index contributed by atoms with van der Waals surface area (Å²) in [5.41, 5.74) is -0.0829. The number of nitrogens with zero attached hydrogens (tertiary/aromatic N) is 2. The van der Waals surface area contributed by atoms with E-state index in [1.165, 1.54) is 17.4 Å². The minimum Gasteiger partial charge on any atom is -0.506 e. The number of phenolic OH excluding ortho intramolecular Hbond substituents is 1. The van der Waals surface area contributed by atoms with E-state index >= 15 is 0 Å². The quantitative estimate of drug-likeness (QED) is 0.671. The van der Waals surface area contributed by atoms with E-state index in [1.54, 1.807) is 12.1 Å². The molecule has 3 rings (SSSR count). The Kier molecular flexibility index (Phi) is 3.53. The summed E-state index contributed by atoms with van der Waals surface area (Å²) in [6, 6.07) is 8.56. The molecule has 0 unspecified atom stereocenters. The van der Waals surface area contributed by atoms with E-state index in [0.29, 0.717) is 11.5 Å². The van der Waals surface area contributed by atoms with Crippen LogP contribution in [0.2, 0.25) is 0 Å². The van der Waals surface area contributed by atoms with Crippen LogP contribution in [0, 0.1) is 0 Å². The van der Waals surface area contributed by atoms with Crippen molar-refractivity contribution in [3.8, 4) is 22.1 Å². The smallest absolute Gasteiger partial charge is 0.348 e. The van der Waals surface area contributed by atoms with Crippen LogP contribution in [-0.4, -0.2) is 19.9 Å². The highest BCUT2D eigenvalue weighted by molar-refractivity contribution is 9.11. The van der Waals surface area contributed by atoms with Gasteiger partial charge in [0.05, 0.1) is 8.66 Å². The Hall–Kier alpha value is -1.38. The molecule has 3 aromatic rings. The molecule has 2 N–H and O–H groups in total. The van der Waals surface area contributed by atoms with Crippen LogP contribution >= 0.6 is 43.2 Å². The Balaban J connectivity index is 2.14. The zero-order valence-corrected chi connectivity index (χ0v) is 13.8. The van der Waals surface area contributed by atoms with E-state index in [9.17, 15) is 9.90 Å². The maximum absolute atomic E-state index is 12.0. The lowest BCUT2D eigenvalue weighted by molar-refractivity contribution is 0.469. The van der Waals surface area contributed by atoms with Gasteiger partial charge in [-0.25, -0.2) is 4.79 Å². The van der Waals surface area contributed by atoms with Crippen LogP contribution in [0.3, 0.4) is 0 Å². The fraction of sp³-hybridized carbons (Fsp3) is 0. The molecule has 0 spiro atoms. The van der Waals surface area contributed by atoms with E-state index in [-0.39, 0.29) is 5.75 Å². The van der Waals surface area contributed by atoms with Gasteiger partial charge in [-0.1, -0.05) is 15.9 Å². The number of rotatable bonds is 2. The lowest BCUT2D eigenvalue weighted by Crippen LogP contribution is -2.16. The normalized spacial score (nSPS) is 10.9. The molecule has 0 bridgehead atoms. The SMILES string of the molecule is O=c1[nH]c(-c2ccc(Br)s2)nn1-c1cc(Br)ccc1O. The Morgan fingerprint density at radius 3 is 2.75 bits per heavy atom. The molecule has 102 valence electrons. The lowest BCUT2D eigenvalue weighted by atomic mass is 10.3. The van der Waals surface area contributed by atoms with Gasteiger partial charge in [0, 0.05) is 4.47 Å². The minimum atomic E-state index is -0.405. The maximum Gasteiger partial charge on any atom is 0.348 e. The Labute approximate surface area is 134 Å². The number of nitrogens with one attached hydrogen (secondary N) is 1. The van der Waals surface area contributed by atoms with Crippen LogP contribution in [0.5, 0.6) is 5.75 Å². The van der Waals surface area contributed by atoms with Crippen molar-refractivity contribution in [1.29, 1.82) is 0 Å². The van der Waals surface area contributed by atoms with Crippen molar-refractivity contribution in [3.63, 3.8) is 0 Å². The summed E-state index contributed by atoms with van der Waals surface area (Å²) in [4.78, 5) is 15.5. The van der Waals surface area contributed by atoms with Crippen LogP contribution in [0.15, 0.2) is 43.4 Å². The topological polar surface area (TPSA) is 70.9 Å². The molecule has 2 aromatic heterocycles. The fourth-order valence-electron chi connectivity index (χ4n) is 1.71. The van der Waals surface area contributed by atoms with Crippen molar-refractivity contribution >= 4 is 43.2 Å². The number of hydrogen-bond acceptors (Lipinski definition) is 4. The van der Waals surface area contributed by atoms with Crippen LogP contribution in [0.25, 0.3) is 16.4 Å². The summed E-state index contributed by atoms with van der Waals surface area (Å²) >= 11 is 8.14. The predicted molar refractivity (Wildman–Crippen MR) is 84.6 cm³/mol. The van der Waals surface area contributed by atoms with Gasteiger partial charge < -0.3 is 5.11 Å². The highest BCUT2D eigenvalue weighted by atomic mass is 79.9. The van der Waals surface area contributed by atoms with Gasteiger partial charge in [-0.05, 0) is 46.3 Å². The third-order valence-electron chi connectivity index (χ3n) is 2.59. The van der Waals surface area contributed by atoms with Gasteiger partial charge in [0.2, 0.25) is 0 Å². The minimum absolute atomic E-state index is 0.0132. The van der Waals surface area contributed by atoms with Crippen molar-refractivity contribution in [1.82, 2.24) is 14.8 Å². The molecule has 0 amide bonds. The predicted octanol–water partition coefficient (Wildman–Crippen LogP) is 3.52. The fourth-order valence-corrected chi connectivity index (χ4v) is 3.38. The second kappa shape index (κ2) is 5.19. The summed E-state index contributed by atoms with van der Waals surface area (Å²) in [7, 11) is 0. The van der Waals surface area contributed by atoms with Gasteiger partial charge >= 0.3 is 5.69 Å². The molecule has 20 heavy (non-hydrogen) atoms. The third-order valence-corrected chi connectivity index (χ3v) is 4.71. The maximum atomic E-state index is 12.0. The molecule has 0 saturated heterocycles. The molecule has 0 aliphatic carbocycles. The van der Waals surface area contributed by atoms with Crippen molar-refractivity contribution in [2.75, 3.05) is 0 Å². The van der Waals surface area contributed by atoms with Crippen molar-refractivity contribution in [2.24, 2.45) is 0 Å². The van der Waals surface area contributed by atoms with Gasteiger partial charge in [-0.2, -0.15) is 4.68 Å². The number of benzene rings is 1. The number of aromatic hydroxyl groups is 1. The highest BCUT2D eigenvalue weighted by Crippen LogP contribution is 2.29. The molecule has 0 aliphatic rings. The summed E-state index contributed by atoms with van der Waals surface area (Å²) in [6.45, 7) is 0. The molecule has 0 aliphatic heterocycles. The molecule has 0 fully saturated rings. The summed E-state index contributed by atoms with van der Waals surface area (Å²) in [5.74, 6) is 0.450. The van der Waals surface area contributed by atoms with Crippen molar-refractivity contribution in [2.45, 2.75) is 0 Å². The number of halogens is 2. The Morgan fingerprint density at radius 1 is 1.25 bits per heavy atom. The Morgan fingerprint density at radius 2 is 2.05 bits per heavy atom. The molecule has 0 radical (unpaired) electrons. The van der Waals surface area contributed by atoms with Crippen molar-refractivity contribution in [3.05, 3.63) is 49.1 Å². The van der Waals surface area contributed by atoms with E-state index in [2.05, 4.69) is 41.9 Å². The first-order valence-corrected chi connectivity index (χ1v) is 7.89.